The molecule has 8 heteroatoms. The van der Waals surface area contributed by atoms with Gasteiger partial charge >= 0.3 is 0 Å². The summed E-state index contributed by atoms with van der Waals surface area (Å²) in [4.78, 5) is 22.9. The van der Waals surface area contributed by atoms with E-state index in [-0.39, 0.29) is 23.5 Å². The molecule has 0 aliphatic carbocycles. The van der Waals surface area contributed by atoms with Crippen molar-refractivity contribution >= 4 is 21.7 Å². The van der Waals surface area contributed by atoms with E-state index in [2.05, 4.69) is 21.4 Å². The second kappa shape index (κ2) is 6.68. The molecule has 7 nitrogen and oxygen atoms in total. The normalized spacial score (nSPS) is 21.2. The lowest BCUT2D eigenvalue weighted by molar-refractivity contribution is 0.0734. The van der Waals surface area contributed by atoms with Crippen LogP contribution < -0.4 is 5.32 Å². The molecule has 1 saturated heterocycles. The van der Waals surface area contributed by atoms with E-state index >= 15 is 0 Å². The molecule has 1 amide bonds. The van der Waals surface area contributed by atoms with Crippen LogP contribution in [0.2, 0.25) is 0 Å². The van der Waals surface area contributed by atoms with Crippen LogP contribution in [0.3, 0.4) is 0 Å². The number of rotatable bonds is 3. The largest absolute Gasteiger partial charge is 0.350 e. The first-order valence-electron chi connectivity index (χ1n) is 8.65. The van der Waals surface area contributed by atoms with Gasteiger partial charge in [-0.15, -0.1) is 0 Å². The molecule has 136 valence electrons. The van der Waals surface area contributed by atoms with E-state index in [0.29, 0.717) is 31.0 Å². The number of benzene rings is 1. The summed E-state index contributed by atoms with van der Waals surface area (Å²) in [5.74, 6) is 0.559. The van der Waals surface area contributed by atoms with Crippen LogP contribution in [0.1, 0.15) is 27.9 Å². The van der Waals surface area contributed by atoms with Gasteiger partial charge in [-0.2, -0.15) is 0 Å². The van der Waals surface area contributed by atoms with E-state index in [1.165, 1.54) is 23.5 Å². The van der Waals surface area contributed by atoms with Crippen LogP contribution >= 0.6 is 0 Å². The predicted octanol–water partition coefficient (Wildman–Crippen LogP) is 1.27. The van der Waals surface area contributed by atoms with Crippen molar-refractivity contribution < 1.29 is 13.2 Å². The second-order valence-electron chi connectivity index (χ2n) is 6.79. The lowest BCUT2D eigenvalue weighted by Gasteiger charge is -2.28. The average Bonchev–Trinajstić information content (AvgIpc) is 2.99. The molecule has 0 spiro atoms. The number of nitrogens with zero attached hydrogens (tertiary/aromatic N) is 3. The summed E-state index contributed by atoms with van der Waals surface area (Å²) in [5.41, 5.74) is 2.90. The topological polar surface area (TPSA) is 92.3 Å². The van der Waals surface area contributed by atoms with Crippen molar-refractivity contribution in [3.05, 3.63) is 53.3 Å². The summed E-state index contributed by atoms with van der Waals surface area (Å²) < 4.78 is 23.0. The number of hydrogen-bond donors (Lipinski definition) is 1. The number of carbonyl (C=O) groups excluding carboxylic acids is 1. The third-order valence-electron chi connectivity index (χ3n) is 4.88. The van der Waals surface area contributed by atoms with Gasteiger partial charge in [-0.05, 0) is 24.0 Å². The smallest absolute Gasteiger partial charge is 0.257 e. The van der Waals surface area contributed by atoms with Crippen LogP contribution in [-0.4, -0.2) is 53.3 Å². The molecule has 0 bridgehead atoms. The monoisotopic (exact) mass is 372 g/mol. The fourth-order valence-electron chi connectivity index (χ4n) is 3.46. The maximum Gasteiger partial charge on any atom is 0.257 e. The van der Waals surface area contributed by atoms with Crippen molar-refractivity contribution in [3.8, 4) is 0 Å². The van der Waals surface area contributed by atoms with Crippen LogP contribution in [0.5, 0.6) is 0 Å². The summed E-state index contributed by atoms with van der Waals surface area (Å²) in [6.45, 7) is 1.27. The first-order chi connectivity index (χ1) is 12.5. The highest BCUT2D eigenvalue weighted by atomic mass is 32.2. The standard InChI is InChI=1S/C18H20N4O3S/c23-17(22-7-5-13-3-1-2-4-14(13)11-22)15-9-19-18(20-10-15)21-16-6-8-26(24,25)12-16/h1-4,9-10,16H,5-8,11-12H2,(H,19,20,21). The maximum atomic E-state index is 12.7. The van der Waals surface area contributed by atoms with Crippen molar-refractivity contribution in [2.75, 3.05) is 23.4 Å². The molecule has 1 atom stereocenters. The molecule has 2 aliphatic heterocycles. The highest BCUT2D eigenvalue weighted by Gasteiger charge is 2.28. The molecule has 2 aromatic rings. The molecular weight excluding hydrogens is 352 g/mol. The second-order valence-corrected chi connectivity index (χ2v) is 9.01. The van der Waals surface area contributed by atoms with E-state index < -0.39 is 9.84 Å². The van der Waals surface area contributed by atoms with Gasteiger partial charge in [0.05, 0.1) is 17.1 Å². The molecule has 2 aliphatic rings. The minimum atomic E-state index is -2.95. The van der Waals surface area contributed by atoms with Gasteiger partial charge in [0.15, 0.2) is 9.84 Å². The van der Waals surface area contributed by atoms with Gasteiger partial charge in [-0.25, -0.2) is 18.4 Å². The SMILES string of the molecule is O=C(c1cnc(NC2CCS(=O)(=O)C2)nc1)N1CCc2ccccc2C1. The number of amides is 1. The molecule has 0 saturated carbocycles. The van der Waals surface area contributed by atoms with E-state index in [4.69, 9.17) is 0 Å². The van der Waals surface area contributed by atoms with E-state index in [0.717, 1.165) is 6.42 Å². The number of carbonyl (C=O) groups is 1. The molecule has 1 N–H and O–H groups in total. The molecule has 0 radical (unpaired) electrons. The average molecular weight is 372 g/mol. The van der Waals surface area contributed by atoms with Crippen molar-refractivity contribution in [1.82, 2.24) is 14.9 Å². The number of hydrogen-bond acceptors (Lipinski definition) is 6. The van der Waals surface area contributed by atoms with Crippen LogP contribution in [0.25, 0.3) is 0 Å². The Morgan fingerprint density at radius 3 is 2.58 bits per heavy atom. The van der Waals surface area contributed by atoms with Crippen LogP contribution in [0, 0.1) is 0 Å². The van der Waals surface area contributed by atoms with Gasteiger partial charge in [0.25, 0.3) is 5.91 Å². The fourth-order valence-corrected chi connectivity index (χ4v) is 5.13. The van der Waals surface area contributed by atoms with Gasteiger partial charge in [0, 0.05) is 31.5 Å². The third-order valence-corrected chi connectivity index (χ3v) is 6.65. The Hall–Kier alpha value is -2.48. The van der Waals surface area contributed by atoms with Gasteiger partial charge in [-0.1, -0.05) is 24.3 Å². The minimum Gasteiger partial charge on any atom is -0.350 e. The number of aromatic nitrogens is 2. The Labute approximate surface area is 152 Å². The van der Waals surface area contributed by atoms with Crippen LogP contribution in [0.4, 0.5) is 5.95 Å². The van der Waals surface area contributed by atoms with Gasteiger partial charge in [-0.3, -0.25) is 4.79 Å². The van der Waals surface area contributed by atoms with E-state index in [1.807, 2.05) is 18.2 Å². The van der Waals surface area contributed by atoms with Crippen LogP contribution in [0.15, 0.2) is 36.7 Å². The molecule has 1 unspecified atom stereocenters. The Morgan fingerprint density at radius 2 is 1.88 bits per heavy atom. The number of anilines is 1. The first-order valence-corrected chi connectivity index (χ1v) is 10.5. The van der Waals surface area contributed by atoms with Crippen LogP contribution in [-0.2, 0) is 22.8 Å². The van der Waals surface area contributed by atoms with E-state index in [1.54, 1.807) is 4.90 Å². The lowest BCUT2D eigenvalue weighted by atomic mass is 9.99. The maximum absolute atomic E-state index is 12.7. The highest BCUT2D eigenvalue weighted by molar-refractivity contribution is 7.91. The van der Waals surface area contributed by atoms with E-state index in [9.17, 15) is 13.2 Å². The highest BCUT2D eigenvalue weighted by Crippen LogP contribution is 2.20. The van der Waals surface area contributed by atoms with Crippen molar-refractivity contribution in [2.24, 2.45) is 0 Å². The zero-order valence-electron chi connectivity index (χ0n) is 14.3. The van der Waals surface area contributed by atoms with Gasteiger partial charge in [0.1, 0.15) is 0 Å². The molecule has 1 aromatic heterocycles. The minimum absolute atomic E-state index is 0.0884. The molecule has 26 heavy (non-hydrogen) atoms. The zero-order chi connectivity index (χ0) is 18.1. The Balaban J connectivity index is 1.41. The van der Waals surface area contributed by atoms with Crippen molar-refractivity contribution in [2.45, 2.75) is 25.4 Å². The summed E-state index contributed by atoms with van der Waals surface area (Å²) in [5, 5.41) is 3.03. The fraction of sp³-hybridized carbons (Fsp3) is 0.389. The molecule has 1 aromatic carbocycles. The summed E-state index contributed by atoms with van der Waals surface area (Å²) in [7, 11) is -2.95. The zero-order valence-corrected chi connectivity index (χ0v) is 15.1. The summed E-state index contributed by atoms with van der Waals surface area (Å²) >= 11 is 0. The number of sulfone groups is 1. The van der Waals surface area contributed by atoms with Crippen molar-refractivity contribution in [1.29, 1.82) is 0 Å². The quantitative estimate of drug-likeness (QED) is 0.872. The molecule has 3 heterocycles. The van der Waals surface area contributed by atoms with Crippen molar-refractivity contribution in [3.63, 3.8) is 0 Å². The first kappa shape index (κ1) is 17.0. The predicted molar refractivity (Wildman–Crippen MR) is 97.6 cm³/mol. The summed E-state index contributed by atoms with van der Waals surface area (Å²) in [6, 6.07) is 7.99. The summed E-state index contributed by atoms with van der Waals surface area (Å²) in [6.07, 6.45) is 4.40. The number of fused-ring (bicyclic) bond motifs is 1. The molecular formula is C18H20N4O3S. The Bertz CT molecular complexity index is 928. The Morgan fingerprint density at radius 1 is 1.15 bits per heavy atom. The van der Waals surface area contributed by atoms with Gasteiger partial charge < -0.3 is 10.2 Å². The lowest BCUT2D eigenvalue weighted by Crippen LogP contribution is -2.36. The number of nitrogens with one attached hydrogen (secondary N) is 1. The molecule has 4 rings (SSSR count). The third kappa shape index (κ3) is 3.55. The molecule has 1 fully saturated rings. The Kier molecular flexibility index (Phi) is 4.36. The van der Waals surface area contributed by atoms with Gasteiger partial charge in [0.2, 0.25) is 5.95 Å².